The van der Waals surface area contributed by atoms with Gasteiger partial charge in [-0.25, -0.2) is 4.98 Å². The molecule has 7 heteroatoms. The summed E-state index contributed by atoms with van der Waals surface area (Å²) < 4.78 is 7.29. The molecule has 2 aromatic heterocycles. The number of rotatable bonds is 7. The summed E-state index contributed by atoms with van der Waals surface area (Å²) in [6.07, 6.45) is 3.49. The van der Waals surface area contributed by atoms with Crippen LogP contribution in [0.2, 0.25) is 0 Å². The maximum Gasteiger partial charge on any atom is 0.228 e. The third-order valence-corrected chi connectivity index (χ3v) is 7.17. The first-order valence-corrected chi connectivity index (χ1v) is 12.2. The lowest BCUT2D eigenvalue weighted by Crippen LogP contribution is -2.49. The highest BCUT2D eigenvalue weighted by Gasteiger charge is 2.22. The van der Waals surface area contributed by atoms with E-state index >= 15 is 0 Å². The van der Waals surface area contributed by atoms with Crippen molar-refractivity contribution in [2.24, 2.45) is 0 Å². The molecule has 0 aliphatic carbocycles. The SMILES string of the molecule is COc1ccc(-c2cn3c(CC(=O)N4CCN(CCc5ccccc5)CC4)csc3n2)cc1. The van der Waals surface area contributed by atoms with E-state index in [1.807, 2.05) is 40.7 Å². The Hall–Kier alpha value is -3.16. The van der Waals surface area contributed by atoms with Crippen LogP contribution in [0.3, 0.4) is 0 Å². The van der Waals surface area contributed by atoms with Gasteiger partial charge >= 0.3 is 0 Å². The van der Waals surface area contributed by atoms with Crippen LogP contribution >= 0.6 is 11.3 Å². The Labute approximate surface area is 198 Å². The molecular weight excluding hydrogens is 432 g/mol. The summed E-state index contributed by atoms with van der Waals surface area (Å²) in [5.41, 5.74) is 4.31. The van der Waals surface area contributed by atoms with E-state index in [2.05, 4.69) is 39.6 Å². The highest BCUT2D eigenvalue weighted by atomic mass is 32.1. The van der Waals surface area contributed by atoms with Crippen molar-refractivity contribution >= 4 is 22.2 Å². The van der Waals surface area contributed by atoms with Crippen LogP contribution in [-0.4, -0.2) is 64.9 Å². The molecule has 0 spiro atoms. The number of nitrogens with zero attached hydrogens (tertiary/aromatic N) is 4. The molecule has 3 heterocycles. The molecule has 0 N–H and O–H groups in total. The monoisotopic (exact) mass is 460 g/mol. The van der Waals surface area contributed by atoms with Gasteiger partial charge in [0.1, 0.15) is 5.75 Å². The molecule has 2 aromatic carbocycles. The second-order valence-electron chi connectivity index (χ2n) is 8.37. The van der Waals surface area contributed by atoms with Gasteiger partial charge in [-0.2, -0.15) is 0 Å². The summed E-state index contributed by atoms with van der Waals surface area (Å²) in [4.78, 5) is 23.1. The van der Waals surface area contributed by atoms with Crippen LogP contribution < -0.4 is 4.74 Å². The minimum absolute atomic E-state index is 0.192. The number of aromatic nitrogens is 2. The van der Waals surface area contributed by atoms with E-state index in [-0.39, 0.29) is 5.91 Å². The first kappa shape index (κ1) is 21.7. The van der Waals surface area contributed by atoms with Crippen LogP contribution in [0.25, 0.3) is 16.2 Å². The van der Waals surface area contributed by atoms with Gasteiger partial charge in [0.05, 0.1) is 19.2 Å². The third-order valence-electron chi connectivity index (χ3n) is 6.29. The second-order valence-corrected chi connectivity index (χ2v) is 9.21. The molecule has 1 aliphatic rings. The molecule has 1 amide bonds. The predicted molar refractivity (Wildman–Crippen MR) is 132 cm³/mol. The minimum atomic E-state index is 0.192. The Morgan fingerprint density at radius 2 is 1.79 bits per heavy atom. The molecule has 0 saturated carbocycles. The Morgan fingerprint density at radius 1 is 1.03 bits per heavy atom. The van der Waals surface area contributed by atoms with Crippen LogP contribution in [0.4, 0.5) is 0 Å². The minimum Gasteiger partial charge on any atom is -0.497 e. The number of hydrogen-bond acceptors (Lipinski definition) is 5. The molecule has 1 aliphatic heterocycles. The fourth-order valence-corrected chi connectivity index (χ4v) is 5.15. The molecule has 1 saturated heterocycles. The van der Waals surface area contributed by atoms with E-state index in [1.54, 1.807) is 18.4 Å². The average Bonchev–Trinajstić information content (AvgIpc) is 3.46. The lowest BCUT2D eigenvalue weighted by Gasteiger charge is -2.34. The summed E-state index contributed by atoms with van der Waals surface area (Å²) >= 11 is 1.58. The number of fused-ring (bicyclic) bond motifs is 1. The Morgan fingerprint density at radius 3 is 2.52 bits per heavy atom. The van der Waals surface area contributed by atoms with Gasteiger partial charge in [0.2, 0.25) is 5.91 Å². The van der Waals surface area contributed by atoms with Crippen LogP contribution in [-0.2, 0) is 17.6 Å². The van der Waals surface area contributed by atoms with Crippen LogP contribution in [0, 0.1) is 0 Å². The summed E-state index contributed by atoms with van der Waals surface area (Å²) in [7, 11) is 1.66. The summed E-state index contributed by atoms with van der Waals surface area (Å²) in [6.45, 7) is 4.50. The Bertz CT molecular complexity index is 1210. The first-order chi connectivity index (χ1) is 16.2. The third kappa shape index (κ3) is 4.94. The van der Waals surface area contributed by atoms with Gasteiger partial charge in [0.25, 0.3) is 0 Å². The average molecular weight is 461 g/mol. The van der Waals surface area contributed by atoms with Crippen molar-refractivity contribution in [3.05, 3.63) is 77.4 Å². The molecule has 170 valence electrons. The number of benzene rings is 2. The quantitative estimate of drug-likeness (QED) is 0.418. The maximum absolute atomic E-state index is 13.0. The van der Waals surface area contributed by atoms with Crippen LogP contribution in [0.15, 0.2) is 66.2 Å². The van der Waals surface area contributed by atoms with Gasteiger partial charge in [-0.3, -0.25) is 14.1 Å². The lowest BCUT2D eigenvalue weighted by atomic mass is 10.1. The molecule has 4 aromatic rings. The lowest BCUT2D eigenvalue weighted by molar-refractivity contribution is -0.132. The smallest absolute Gasteiger partial charge is 0.228 e. The van der Waals surface area contributed by atoms with Crippen molar-refractivity contribution in [1.82, 2.24) is 19.2 Å². The van der Waals surface area contributed by atoms with E-state index in [9.17, 15) is 4.79 Å². The van der Waals surface area contributed by atoms with Gasteiger partial charge in [0, 0.05) is 55.6 Å². The topological polar surface area (TPSA) is 50.1 Å². The van der Waals surface area contributed by atoms with E-state index in [0.29, 0.717) is 6.42 Å². The van der Waals surface area contributed by atoms with Crippen molar-refractivity contribution in [2.75, 3.05) is 39.8 Å². The number of carbonyl (C=O) groups is 1. The normalized spacial score (nSPS) is 14.6. The largest absolute Gasteiger partial charge is 0.497 e. The summed E-state index contributed by atoms with van der Waals surface area (Å²) in [5, 5.41) is 2.05. The number of thiazole rings is 1. The van der Waals surface area contributed by atoms with Crippen molar-refractivity contribution in [1.29, 1.82) is 0 Å². The van der Waals surface area contributed by atoms with E-state index in [1.165, 1.54) is 5.56 Å². The highest BCUT2D eigenvalue weighted by molar-refractivity contribution is 7.15. The van der Waals surface area contributed by atoms with Gasteiger partial charge in [0.15, 0.2) is 4.96 Å². The highest BCUT2D eigenvalue weighted by Crippen LogP contribution is 2.25. The fourth-order valence-electron chi connectivity index (χ4n) is 4.28. The Kier molecular flexibility index (Phi) is 6.41. The predicted octanol–water partition coefficient (Wildman–Crippen LogP) is 4.00. The molecule has 6 nitrogen and oxygen atoms in total. The van der Waals surface area contributed by atoms with Crippen LogP contribution in [0.5, 0.6) is 5.75 Å². The summed E-state index contributed by atoms with van der Waals surface area (Å²) in [5.74, 6) is 1.02. The van der Waals surface area contributed by atoms with Gasteiger partial charge in [-0.1, -0.05) is 30.3 Å². The molecule has 0 atom stereocenters. The molecule has 5 rings (SSSR count). The zero-order valence-corrected chi connectivity index (χ0v) is 19.6. The molecule has 0 radical (unpaired) electrons. The molecular formula is C26H28N4O2S. The van der Waals surface area contributed by atoms with Crippen molar-refractivity contribution in [3.8, 4) is 17.0 Å². The number of carbonyl (C=O) groups excluding carboxylic acids is 1. The van der Waals surface area contributed by atoms with Gasteiger partial charge < -0.3 is 9.64 Å². The van der Waals surface area contributed by atoms with E-state index < -0.39 is 0 Å². The first-order valence-electron chi connectivity index (χ1n) is 11.3. The Balaban J connectivity index is 1.18. The van der Waals surface area contributed by atoms with Crippen molar-refractivity contribution < 1.29 is 9.53 Å². The standard InChI is InChI=1S/C26H28N4O2S/c1-32-23-9-7-21(8-10-23)24-18-30-22(19-33-26(30)27-24)17-25(31)29-15-13-28(14-16-29)12-11-20-5-3-2-4-6-20/h2-10,18-19H,11-17H2,1H3. The molecule has 0 bridgehead atoms. The van der Waals surface area contributed by atoms with Gasteiger partial charge in [-0.15, -0.1) is 11.3 Å². The second kappa shape index (κ2) is 9.77. The van der Waals surface area contributed by atoms with Crippen LogP contribution in [0.1, 0.15) is 11.3 Å². The molecule has 33 heavy (non-hydrogen) atoms. The number of hydrogen-bond donors (Lipinski definition) is 0. The number of ether oxygens (including phenoxy) is 1. The summed E-state index contributed by atoms with van der Waals surface area (Å²) in [6, 6.07) is 18.5. The number of piperazine rings is 1. The van der Waals surface area contributed by atoms with Gasteiger partial charge in [-0.05, 0) is 36.2 Å². The number of amides is 1. The molecule has 1 fully saturated rings. The van der Waals surface area contributed by atoms with E-state index in [0.717, 1.165) is 66.8 Å². The van der Waals surface area contributed by atoms with Crippen molar-refractivity contribution in [3.63, 3.8) is 0 Å². The molecule has 0 unspecified atom stereocenters. The maximum atomic E-state index is 13.0. The fraction of sp³-hybridized carbons (Fsp3) is 0.308. The number of methoxy groups -OCH3 is 1. The van der Waals surface area contributed by atoms with Crippen molar-refractivity contribution in [2.45, 2.75) is 12.8 Å². The number of imidazole rings is 1. The zero-order chi connectivity index (χ0) is 22.6. The van der Waals surface area contributed by atoms with E-state index in [4.69, 9.17) is 9.72 Å². The zero-order valence-electron chi connectivity index (χ0n) is 18.8.